The zero-order valence-electron chi connectivity index (χ0n) is 17.8. The first-order chi connectivity index (χ1) is 15.2. The molecule has 1 aliphatic heterocycles. The van der Waals surface area contributed by atoms with Gasteiger partial charge in [-0.25, -0.2) is 0 Å². The Balaban J connectivity index is 1.43. The van der Waals surface area contributed by atoms with E-state index in [1.54, 1.807) is 19.3 Å². The van der Waals surface area contributed by atoms with Gasteiger partial charge in [0.25, 0.3) is 5.91 Å². The standard InChI is InChI=1S/C26H28N2O3/c1-20(31-24-13-11-23(12-14-24)22-8-3-2-4-9-22)26(29)28(19-25-10-6-16-30-25)18-21-7-5-15-27-17-21/h2-5,7-9,11-15,17,20,25H,6,10,16,18-19H2,1H3/t20-,25+/m0/s1. The van der Waals surface area contributed by atoms with E-state index in [9.17, 15) is 4.79 Å². The average molecular weight is 417 g/mol. The van der Waals surface area contributed by atoms with Crippen molar-refractivity contribution in [1.82, 2.24) is 9.88 Å². The van der Waals surface area contributed by atoms with E-state index in [1.165, 1.54) is 0 Å². The number of hydrogen-bond acceptors (Lipinski definition) is 4. The van der Waals surface area contributed by atoms with Crippen LogP contribution in [0, 0.1) is 0 Å². The zero-order valence-corrected chi connectivity index (χ0v) is 17.8. The van der Waals surface area contributed by atoms with Crippen LogP contribution in [0.15, 0.2) is 79.1 Å². The maximum atomic E-state index is 13.3. The molecule has 1 amide bonds. The summed E-state index contributed by atoms with van der Waals surface area (Å²) in [6.07, 6.45) is 5.04. The van der Waals surface area contributed by atoms with Gasteiger partial charge in [-0.3, -0.25) is 9.78 Å². The van der Waals surface area contributed by atoms with Crippen LogP contribution in [0.5, 0.6) is 5.75 Å². The number of carbonyl (C=O) groups is 1. The average Bonchev–Trinajstić information content (AvgIpc) is 3.33. The molecule has 0 bridgehead atoms. The van der Waals surface area contributed by atoms with Gasteiger partial charge in [-0.15, -0.1) is 0 Å². The third kappa shape index (κ3) is 5.70. The van der Waals surface area contributed by atoms with Gasteiger partial charge < -0.3 is 14.4 Å². The first-order valence-electron chi connectivity index (χ1n) is 10.8. The Morgan fingerprint density at radius 1 is 1.10 bits per heavy atom. The van der Waals surface area contributed by atoms with Crippen molar-refractivity contribution in [3.05, 3.63) is 84.7 Å². The summed E-state index contributed by atoms with van der Waals surface area (Å²) in [4.78, 5) is 19.3. The Morgan fingerprint density at radius 2 is 1.87 bits per heavy atom. The first-order valence-corrected chi connectivity index (χ1v) is 10.8. The number of aromatic nitrogens is 1. The van der Waals surface area contributed by atoms with Gasteiger partial charge >= 0.3 is 0 Å². The van der Waals surface area contributed by atoms with Crippen molar-refractivity contribution in [2.75, 3.05) is 13.2 Å². The van der Waals surface area contributed by atoms with E-state index in [2.05, 4.69) is 17.1 Å². The lowest BCUT2D eigenvalue weighted by atomic mass is 10.1. The van der Waals surface area contributed by atoms with Crippen LogP contribution in [0.2, 0.25) is 0 Å². The second-order valence-electron chi connectivity index (χ2n) is 7.87. The van der Waals surface area contributed by atoms with Crippen LogP contribution in [0.1, 0.15) is 25.3 Å². The zero-order chi connectivity index (χ0) is 21.5. The number of amides is 1. The van der Waals surface area contributed by atoms with E-state index in [-0.39, 0.29) is 12.0 Å². The van der Waals surface area contributed by atoms with Crippen molar-refractivity contribution in [1.29, 1.82) is 0 Å². The minimum absolute atomic E-state index is 0.0495. The lowest BCUT2D eigenvalue weighted by molar-refractivity contribution is -0.140. The van der Waals surface area contributed by atoms with Crippen LogP contribution in [-0.2, 0) is 16.1 Å². The molecule has 31 heavy (non-hydrogen) atoms. The van der Waals surface area contributed by atoms with Crippen LogP contribution in [0.25, 0.3) is 11.1 Å². The summed E-state index contributed by atoms with van der Waals surface area (Å²) in [6.45, 7) is 3.63. The summed E-state index contributed by atoms with van der Waals surface area (Å²) in [7, 11) is 0. The predicted molar refractivity (Wildman–Crippen MR) is 121 cm³/mol. The van der Waals surface area contributed by atoms with E-state index in [0.29, 0.717) is 18.8 Å². The van der Waals surface area contributed by atoms with Gasteiger partial charge in [-0.05, 0) is 54.7 Å². The van der Waals surface area contributed by atoms with Crippen molar-refractivity contribution in [2.24, 2.45) is 0 Å². The number of ether oxygens (including phenoxy) is 2. The van der Waals surface area contributed by atoms with Gasteiger partial charge in [-0.2, -0.15) is 0 Å². The van der Waals surface area contributed by atoms with Gasteiger partial charge in [0.2, 0.25) is 0 Å². The Hall–Kier alpha value is -3.18. The number of benzene rings is 2. The molecule has 1 aliphatic rings. The lowest BCUT2D eigenvalue weighted by Crippen LogP contribution is -2.43. The third-order valence-corrected chi connectivity index (χ3v) is 5.48. The molecule has 1 aromatic heterocycles. The quantitative estimate of drug-likeness (QED) is 0.533. The third-order valence-electron chi connectivity index (χ3n) is 5.48. The highest BCUT2D eigenvalue weighted by Gasteiger charge is 2.27. The molecule has 5 heteroatoms. The summed E-state index contributed by atoms with van der Waals surface area (Å²) in [6, 6.07) is 21.9. The number of pyridine rings is 1. The molecule has 5 nitrogen and oxygen atoms in total. The lowest BCUT2D eigenvalue weighted by Gasteiger charge is -2.28. The van der Waals surface area contributed by atoms with Crippen molar-refractivity contribution in [2.45, 2.75) is 38.5 Å². The maximum absolute atomic E-state index is 13.3. The van der Waals surface area contributed by atoms with E-state index in [0.717, 1.165) is 36.1 Å². The van der Waals surface area contributed by atoms with Crippen molar-refractivity contribution in [3.63, 3.8) is 0 Å². The van der Waals surface area contributed by atoms with Crippen LogP contribution in [0.3, 0.4) is 0 Å². The fourth-order valence-electron chi connectivity index (χ4n) is 3.85. The first kappa shape index (κ1) is 21.1. The minimum atomic E-state index is -0.597. The number of carbonyl (C=O) groups excluding carboxylic acids is 1. The molecule has 4 rings (SSSR count). The molecule has 0 N–H and O–H groups in total. The Morgan fingerprint density at radius 3 is 2.55 bits per heavy atom. The van der Waals surface area contributed by atoms with Crippen LogP contribution in [-0.4, -0.2) is 41.2 Å². The Labute approximate surface area is 183 Å². The SMILES string of the molecule is C[C@H](Oc1ccc(-c2ccccc2)cc1)C(=O)N(Cc1cccnc1)C[C@H]1CCCO1. The maximum Gasteiger partial charge on any atom is 0.263 e. The van der Waals surface area contributed by atoms with E-state index < -0.39 is 6.10 Å². The number of nitrogens with zero attached hydrogens (tertiary/aromatic N) is 2. The van der Waals surface area contributed by atoms with Gasteiger partial charge in [0.05, 0.1) is 6.10 Å². The molecule has 0 unspecified atom stereocenters. The van der Waals surface area contributed by atoms with Crippen molar-refractivity contribution in [3.8, 4) is 16.9 Å². The van der Waals surface area contributed by atoms with Gasteiger partial charge in [0.15, 0.2) is 6.10 Å². The minimum Gasteiger partial charge on any atom is -0.481 e. The van der Waals surface area contributed by atoms with Gasteiger partial charge in [0, 0.05) is 32.1 Å². The number of hydrogen-bond donors (Lipinski definition) is 0. The highest BCUT2D eigenvalue weighted by molar-refractivity contribution is 5.81. The highest BCUT2D eigenvalue weighted by atomic mass is 16.5. The molecule has 0 radical (unpaired) electrons. The van der Waals surface area contributed by atoms with Crippen molar-refractivity contribution >= 4 is 5.91 Å². The van der Waals surface area contributed by atoms with E-state index >= 15 is 0 Å². The Bertz CT molecular complexity index is 955. The fraction of sp³-hybridized carbons (Fsp3) is 0.308. The van der Waals surface area contributed by atoms with E-state index in [4.69, 9.17) is 9.47 Å². The molecule has 1 fully saturated rings. The summed E-state index contributed by atoms with van der Waals surface area (Å²) in [5, 5.41) is 0. The Kier molecular flexibility index (Phi) is 6.95. The molecule has 160 valence electrons. The fourth-order valence-corrected chi connectivity index (χ4v) is 3.85. The highest BCUT2D eigenvalue weighted by Crippen LogP contribution is 2.23. The normalized spacial score (nSPS) is 16.6. The number of rotatable bonds is 8. The molecule has 3 aromatic rings. The topological polar surface area (TPSA) is 51.7 Å². The van der Waals surface area contributed by atoms with Crippen molar-refractivity contribution < 1.29 is 14.3 Å². The van der Waals surface area contributed by atoms with E-state index in [1.807, 2.05) is 59.5 Å². The molecular formula is C26H28N2O3. The summed E-state index contributed by atoms with van der Waals surface area (Å²) >= 11 is 0. The van der Waals surface area contributed by atoms with Gasteiger partial charge in [0.1, 0.15) is 5.75 Å². The second kappa shape index (κ2) is 10.2. The van der Waals surface area contributed by atoms with Crippen LogP contribution in [0.4, 0.5) is 0 Å². The molecular weight excluding hydrogens is 388 g/mol. The molecule has 2 atom stereocenters. The smallest absolute Gasteiger partial charge is 0.263 e. The molecule has 1 saturated heterocycles. The predicted octanol–water partition coefficient (Wildman–Crippen LogP) is 4.72. The summed E-state index contributed by atoms with van der Waals surface area (Å²) in [5.41, 5.74) is 3.26. The van der Waals surface area contributed by atoms with Gasteiger partial charge in [-0.1, -0.05) is 48.5 Å². The molecule has 2 heterocycles. The summed E-state index contributed by atoms with van der Waals surface area (Å²) < 4.78 is 11.8. The molecule has 0 spiro atoms. The molecule has 0 aliphatic carbocycles. The molecule has 2 aromatic carbocycles. The second-order valence-corrected chi connectivity index (χ2v) is 7.87. The van der Waals surface area contributed by atoms with Crippen LogP contribution >= 0.6 is 0 Å². The molecule has 0 saturated carbocycles. The van der Waals surface area contributed by atoms with Crippen LogP contribution < -0.4 is 4.74 Å². The monoisotopic (exact) mass is 416 g/mol. The largest absolute Gasteiger partial charge is 0.481 e. The summed E-state index contributed by atoms with van der Waals surface area (Å²) in [5.74, 6) is 0.630.